The van der Waals surface area contributed by atoms with Crippen molar-refractivity contribution in [3.05, 3.63) is 87.0 Å². The fourth-order valence-corrected chi connectivity index (χ4v) is 1.31. The van der Waals surface area contributed by atoms with E-state index in [9.17, 15) is 19.2 Å². The Balaban J connectivity index is -0.000000266. The minimum atomic E-state index is -1.66. The summed E-state index contributed by atoms with van der Waals surface area (Å²) in [5.74, 6) is -6.64. The van der Waals surface area contributed by atoms with E-state index in [2.05, 4.69) is 52.6 Å². The number of aromatic carboxylic acids is 4. The molecule has 1 aromatic carbocycles. The van der Waals surface area contributed by atoms with Crippen molar-refractivity contribution in [2.45, 2.75) is 0 Å². The van der Waals surface area contributed by atoms with E-state index in [4.69, 9.17) is 20.4 Å². The summed E-state index contributed by atoms with van der Waals surface area (Å²) in [6.07, 6.45) is 0. The van der Waals surface area contributed by atoms with Crippen LogP contribution in [-0.2, 0) is 0 Å². The Hall–Kier alpha value is -3.94. The number of carboxylic acids is 4. The van der Waals surface area contributed by atoms with Gasteiger partial charge in [0.2, 0.25) is 0 Å². The SMILES string of the molecule is C=C.C=C.C=C.C=C.O=C(O)c1cc(C(=O)O)c(C(=O)O)cc1C(=O)O. The van der Waals surface area contributed by atoms with Crippen molar-refractivity contribution >= 4 is 23.9 Å². The number of carboxylic acid groups (broad SMARTS) is 4. The highest BCUT2D eigenvalue weighted by molar-refractivity contribution is 6.09. The van der Waals surface area contributed by atoms with Crippen molar-refractivity contribution in [2.75, 3.05) is 0 Å². The van der Waals surface area contributed by atoms with Gasteiger partial charge in [0.05, 0.1) is 22.3 Å². The van der Waals surface area contributed by atoms with Gasteiger partial charge in [0.15, 0.2) is 0 Å². The normalized spacial score (nSPS) is 7.38. The van der Waals surface area contributed by atoms with Gasteiger partial charge in [-0.15, -0.1) is 52.6 Å². The van der Waals surface area contributed by atoms with Gasteiger partial charge < -0.3 is 20.4 Å². The third kappa shape index (κ3) is 9.26. The molecule has 0 aromatic heterocycles. The van der Waals surface area contributed by atoms with Crippen molar-refractivity contribution in [3.8, 4) is 0 Å². The molecule has 142 valence electrons. The van der Waals surface area contributed by atoms with Gasteiger partial charge >= 0.3 is 23.9 Å². The summed E-state index contributed by atoms with van der Waals surface area (Å²) in [5.41, 5.74) is -3.15. The second-order valence-corrected chi connectivity index (χ2v) is 3.16. The Morgan fingerprint density at radius 1 is 0.462 bits per heavy atom. The molecule has 0 unspecified atom stereocenters. The maximum atomic E-state index is 10.8. The predicted molar refractivity (Wildman–Crippen MR) is 99.3 cm³/mol. The fraction of sp³-hybridized carbons (Fsp3) is 0. The Bertz CT molecular complexity index is 528. The summed E-state index contributed by atoms with van der Waals surface area (Å²) in [6, 6.07) is 1.02. The Morgan fingerprint density at radius 2 is 0.577 bits per heavy atom. The molecule has 0 aliphatic rings. The van der Waals surface area contributed by atoms with Crippen LogP contribution < -0.4 is 0 Å². The summed E-state index contributed by atoms with van der Waals surface area (Å²) >= 11 is 0. The third-order valence-electron chi connectivity index (χ3n) is 2.08. The molecule has 0 saturated carbocycles. The second-order valence-electron chi connectivity index (χ2n) is 3.16. The monoisotopic (exact) mass is 366 g/mol. The van der Waals surface area contributed by atoms with E-state index >= 15 is 0 Å². The van der Waals surface area contributed by atoms with Gasteiger partial charge in [0, 0.05) is 0 Å². The zero-order valence-electron chi connectivity index (χ0n) is 14.2. The van der Waals surface area contributed by atoms with Crippen LogP contribution in [0.15, 0.2) is 64.8 Å². The smallest absolute Gasteiger partial charge is 0.336 e. The molecule has 0 bridgehead atoms. The maximum Gasteiger partial charge on any atom is 0.336 e. The van der Waals surface area contributed by atoms with E-state index in [1.807, 2.05) is 0 Å². The molecule has 0 radical (unpaired) electrons. The Kier molecular flexibility index (Phi) is 20.1. The van der Waals surface area contributed by atoms with Crippen LogP contribution in [0.2, 0.25) is 0 Å². The minimum absolute atomic E-state index is 0.511. The molecule has 8 heteroatoms. The van der Waals surface area contributed by atoms with E-state index in [1.54, 1.807) is 0 Å². The summed E-state index contributed by atoms with van der Waals surface area (Å²) in [6.45, 7) is 24.0. The predicted octanol–water partition coefficient (Wildman–Crippen LogP) is 3.69. The van der Waals surface area contributed by atoms with Crippen LogP contribution >= 0.6 is 0 Å². The zero-order chi connectivity index (χ0) is 22.0. The van der Waals surface area contributed by atoms with E-state index < -0.39 is 46.1 Å². The quantitative estimate of drug-likeness (QED) is 0.589. The van der Waals surface area contributed by atoms with Crippen molar-refractivity contribution < 1.29 is 39.6 Å². The molecule has 1 rings (SSSR count). The van der Waals surface area contributed by atoms with Gasteiger partial charge in [0.25, 0.3) is 0 Å². The van der Waals surface area contributed by atoms with E-state index in [0.717, 1.165) is 0 Å². The lowest BCUT2D eigenvalue weighted by Crippen LogP contribution is -2.15. The van der Waals surface area contributed by atoms with Gasteiger partial charge in [-0.2, -0.15) is 0 Å². The summed E-state index contributed by atoms with van der Waals surface area (Å²) in [5, 5.41) is 35.0. The van der Waals surface area contributed by atoms with Crippen LogP contribution in [0.25, 0.3) is 0 Å². The van der Waals surface area contributed by atoms with Crippen LogP contribution in [0.1, 0.15) is 41.4 Å². The van der Waals surface area contributed by atoms with Crippen molar-refractivity contribution in [1.82, 2.24) is 0 Å². The lowest BCUT2D eigenvalue weighted by atomic mass is 9.98. The Morgan fingerprint density at radius 3 is 0.654 bits per heavy atom. The maximum absolute atomic E-state index is 10.8. The van der Waals surface area contributed by atoms with Gasteiger partial charge in [-0.25, -0.2) is 19.2 Å². The highest BCUT2D eigenvalue weighted by Crippen LogP contribution is 2.18. The van der Waals surface area contributed by atoms with Crippen molar-refractivity contribution in [3.63, 3.8) is 0 Å². The molecular formula is C18H22O8. The summed E-state index contributed by atoms with van der Waals surface area (Å²) < 4.78 is 0. The highest BCUT2D eigenvalue weighted by Gasteiger charge is 2.24. The van der Waals surface area contributed by atoms with Gasteiger partial charge in [0.1, 0.15) is 0 Å². The number of hydrogen-bond donors (Lipinski definition) is 4. The van der Waals surface area contributed by atoms with Crippen LogP contribution in [0.5, 0.6) is 0 Å². The lowest BCUT2D eigenvalue weighted by molar-refractivity contribution is 0.0637. The first-order chi connectivity index (χ1) is 12.3. The zero-order valence-corrected chi connectivity index (χ0v) is 14.2. The van der Waals surface area contributed by atoms with Crippen molar-refractivity contribution in [2.24, 2.45) is 0 Å². The Labute approximate surface area is 151 Å². The van der Waals surface area contributed by atoms with Crippen LogP contribution in [-0.4, -0.2) is 44.3 Å². The first-order valence-corrected chi connectivity index (χ1v) is 6.37. The standard InChI is InChI=1S/C10H6O8.4C2H4/c11-7(12)3-1-4(8(13)14)6(10(17)18)2-5(3)9(15)16;4*1-2/h1-2H,(H,11,12)(H,13,14)(H,15,16)(H,17,18);4*1-2H2. The number of benzene rings is 1. The molecular weight excluding hydrogens is 344 g/mol. The molecule has 26 heavy (non-hydrogen) atoms. The first kappa shape index (κ1) is 30.0. The van der Waals surface area contributed by atoms with E-state index in [1.165, 1.54) is 0 Å². The molecule has 0 aliphatic heterocycles. The van der Waals surface area contributed by atoms with Gasteiger partial charge in [-0.3, -0.25) is 0 Å². The molecule has 0 amide bonds. The minimum Gasteiger partial charge on any atom is -0.478 e. The molecule has 0 fully saturated rings. The number of rotatable bonds is 4. The molecule has 0 aliphatic carbocycles. The molecule has 0 heterocycles. The van der Waals surface area contributed by atoms with Gasteiger partial charge in [-0.05, 0) is 12.1 Å². The van der Waals surface area contributed by atoms with E-state index in [0.29, 0.717) is 12.1 Å². The lowest BCUT2D eigenvalue weighted by Gasteiger charge is -2.06. The molecule has 0 atom stereocenters. The topological polar surface area (TPSA) is 149 Å². The largest absolute Gasteiger partial charge is 0.478 e. The van der Waals surface area contributed by atoms with Gasteiger partial charge in [-0.1, -0.05) is 0 Å². The van der Waals surface area contributed by atoms with Crippen LogP contribution in [0, 0.1) is 0 Å². The average Bonchev–Trinajstić information content (AvgIpc) is 2.66. The van der Waals surface area contributed by atoms with Crippen molar-refractivity contribution in [1.29, 1.82) is 0 Å². The second kappa shape index (κ2) is 17.4. The molecule has 8 nitrogen and oxygen atoms in total. The molecule has 0 spiro atoms. The number of carbonyl (C=O) groups is 4. The van der Waals surface area contributed by atoms with E-state index in [-0.39, 0.29) is 0 Å². The number of hydrogen-bond acceptors (Lipinski definition) is 4. The third-order valence-corrected chi connectivity index (χ3v) is 2.08. The van der Waals surface area contributed by atoms with Crippen LogP contribution in [0.3, 0.4) is 0 Å². The van der Waals surface area contributed by atoms with Crippen LogP contribution in [0.4, 0.5) is 0 Å². The average molecular weight is 366 g/mol. The summed E-state index contributed by atoms with van der Waals surface area (Å²) in [7, 11) is 0. The fourth-order valence-electron chi connectivity index (χ4n) is 1.31. The molecule has 4 N–H and O–H groups in total. The highest BCUT2D eigenvalue weighted by atomic mass is 16.4. The summed E-state index contributed by atoms with van der Waals surface area (Å²) in [4.78, 5) is 43.1. The molecule has 0 saturated heterocycles. The first-order valence-electron chi connectivity index (χ1n) is 6.37. The molecule has 1 aromatic rings.